The van der Waals surface area contributed by atoms with Gasteiger partial charge in [-0.3, -0.25) is 0 Å². The summed E-state index contributed by atoms with van der Waals surface area (Å²) >= 11 is 0. The summed E-state index contributed by atoms with van der Waals surface area (Å²) in [5.74, 6) is 0.995. The zero-order chi connectivity index (χ0) is 9.26. The van der Waals surface area contributed by atoms with Crippen molar-refractivity contribution in [2.45, 2.75) is 51.2 Å². The maximum atomic E-state index is 9.35. The second-order valence-corrected chi connectivity index (χ2v) is 4.82. The first-order valence-corrected chi connectivity index (χ1v) is 5.68. The molecule has 0 bridgehead atoms. The van der Waals surface area contributed by atoms with E-state index in [1.54, 1.807) is 0 Å². The summed E-state index contributed by atoms with van der Waals surface area (Å²) in [5.41, 5.74) is 0. The number of likely N-dealkylation sites (tertiary alicyclic amines) is 1. The lowest BCUT2D eigenvalue weighted by molar-refractivity contribution is 0.131. The monoisotopic (exact) mass is 183 g/mol. The molecule has 2 nitrogen and oxygen atoms in total. The van der Waals surface area contributed by atoms with Crippen molar-refractivity contribution in [3.63, 3.8) is 0 Å². The molecule has 0 radical (unpaired) electrons. The SMILES string of the molecule is CC(O)CC1CCCN1CC1CC1. The van der Waals surface area contributed by atoms with Crippen molar-refractivity contribution in [1.29, 1.82) is 0 Å². The molecule has 1 saturated heterocycles. The van der Waals surface area contributed by atoms with Crippen LogP contribution in [0.25, 0.3) is 0 Å². The Hall–Kier alpha value is -0.0800. The molecule has 76 valence electrons. The summed E-state index contributed by atoms with van der Waals surface area (Å²) in [5, 5.41) is 9.35. The Morgan fingerprint density at radius 1 is 1.38 bits per heavy atom. The smallest absolute Gasteiger partial charge is 0.0527 e. The molecule has 2 heteroatoms. The van der Waals surface area contributed by atoms with Gasteiger partial charge in [0.15, 0.2) is 0 Å². The van der Waals surface area contributed by atoms with Crippen LogP contribution in [0.5, 0.6) is 0 Å². The number of hydrogen-bond acceptors (Lipinski definition) is 2. The first-order chi connectivity index (χ1) is 6.25. The Morgan fingerprint density at radius 2 is 2.15 bits per heavy atom. The molecule has 0 amide bonds. The Morgan fingerprint density at radius 3 is 2.77 bits per heavy atom. The van der Waals surface area contributed by atoms with Gasteiger partial charge in [-0.05, 0) is 51.5 Å². The van der Waals surface area contributed by atoms with Crippen LogP contribution in [0.3, 0.4) is 0 Å². The zero-order valence-corrected chi connectivity index (χ0v) is 8.58. The zero-order valence-electron chi connectivity index (χ0n) is 8.58. The molecule has 2 aliphatic rings. The third kappa shape index (κ3) is 2.68. The van der Waals surface area contributed by atoms with Gasteiger partial charge in [-0.15, -0.1) is 0 Å². The van der Waals surface area contributed by atoms with Crippen LogP contribution >= 0.6 is 0 Å². The fourth-order valence-electron chi connectivity index (χ4n) is 2.43. The fraction of sp³-hybridized carbons (Fsp3) is 1.00. The molecule has 1 saturated carbocycles. The molecule has 1 aliphatic heterocycles. The van der Waals surface area contributed by atoms with Crippen LogP contribution in [0.1, 0.15) is 39.0 Å². The average molecular weight is 183 g/mol. The van der Waals surface area contributed by atoms with Gasteiger partial charge in [0, 0.05) is 12.6 Å². The Kier molecular flexibility index (Phi) is 2.89. The topological polar surface area (TPSA) is 23.5 Å². The standard InChI is InChI=1S/C11H21NO/c1-9(13)7-11-3-2-6-12(11)8-10-4-5-10/h9-11,13H,2-8H2,1H3. The van der Waals surface area contributed by atoms with E-state index in [9.17, 15) is 5.11 Å². The molecule has 0 spiro atoms. The van der Waals surface area contributed by atoms with Gasteiger partial charge in [-0.1, -0.05) is 0 Å². The van der Waals surface area contributed by atoms with E-state index in [4.69, 9.17) is 0 Å². The minimum Gasteiger partial charge on any atom is -0.393 e. The lowest BCUT2D eigenvalue weighted by Crippen LogP contribution is -2.33. The van der Waals surface area contributed by atoms with Crippen LogP contribution < -0.4 is 0 Å². The molecule has 0 aromatic rings. The molecule has 2 unspecified atom stereocenters. The molecule has 1 aliphatic carbocycles. The van der Waals surface area contributed by atoms with Gasteiger partial charge in [0.2, 0.25) is 0 Å². The van der Waals surface area contributed by atoms with Gasteiger partial charge in [0.1, 0.15) is 0 Å². The minimum atomic E-state index is -0.121. The molecule has 2 rings (SSSR count). The van der Waals surface area contributed by atoms with Gasteiger partial charge in [-0.25, -0.2) is 0 Å². The van der Waals surface area contributed by atoms with Gasteiger partial charge in [0.05, 0.1) is 6.10 Å². The van der Waals surface area contributed by atoms with Crippen molar-refractivity contribution in [1.82, 2.24) is 4.90 Å². The molecule has 1 N–H and O–H groups in total. The average Bonchev–Trinajstić information content (AvgIpc) is 2.75. The van der Waals surface area contributed by atoms with E-state index in [1.807, 2.05) is 6.92 Å². The molecule has 0 aromatic heterocycles. The summed E-state index contributed by atoms with van der Waals surface area (Å²) in [6.45, 7) is 4.49. The van der Waals surface area contributed by atoms with E-state index in [0.717, 1.165) is 12.3 Å². The largest absolute Gasteiger partial charge is 0.393 e. The molecular formula is C11H21NO. The van der Waals surface area contributed by atoms with Crippen molar-refractivity contribution in [3.8, 4) is 0 Å². The van der Waals surface area contributed by atoms with Gasteiger partial charge >= 0.3 is 0 Å². The summed E-state index contributed by atoms with van der Waals surface area (Å²) in [6.07, 6.45) is 6.38. The number of hydrogen-bond donors (Lipinski definition) is 1. The lowest BCUT2D eigenvalue weighted by Gasteiger charge is -2.25. The predicted molar refractivity (Wildman–Crippen MR) is 53.6 cm³/mol. The summed E-state index contributed by atoms with van der Waals surface area (Å²) < 4.78 is 0. The first kappa shape index (κ1) is 9.47. The second-order valence-electron chi connectivity index (χ2n) is 4.82. The highest BCUT2D eigenvalue weighted by atomic mass is 16.3. The van der Waals surface area contributed by atoms with Crippen LogP contribution in [-0.4, -0.2) is 35.2 Å². The molecule has 1 heterocycles. The number of aliphatic hydroxyl groups is 1. The third-order valence-electron chi connectivity index (χ3n) is 3.30. The highest BCUT2D eigenvalue weighted by Crippen LogP contribution is 2.33. The molecule has 13 heavy (non-hydrogen) atoms. The van der Waals surface area contributed by atoms with Crippen molar-refractivity contribution >= 4 is 0 Å². The maximum absolute atomic E-state index is 9.35. The van der Waals surface area contributed by atoms with E-state index in [-0.39, 0.29) is 6.10 Å². The predicted octanol–water partition coefficient (Wildman–Crippen LogP) is 1.63. The van der Waals surface area contributed by atoms with Gasteiger partial charge in [-0.2, -0.15) is 0 Å². The number of aliphatic hydroxyl groups excluding tert-OH is 1. The maximum Gasteiger partial charge on any atom is 0.0527 e. The van der Waals surface area contributed by atoms with E-state index in [0.29, 0.717) is 6.04 Å². The number of nitrogens with zero attached hydrogens (tertiary/aromatic N) is 1. The van der Waals surface area contributed by atoms with Crippen molar-refractivity contribution in [2.24, 2.45) is 5.92 Å². The van der Waals surface area contributed by atoms with Crippen LogP contribution in [-0.2, 0) is 0 Å². The lowest BCUT2D eigenvalue weighted by atomic mass is 10.1. The van der Waals surface area contributed by atoms with Crippen molar-refractivity contribution in [2.75, 3.05) is 13.1 Å². The van der Waals surface area contributed by atoms with Crippen LogP contribution in [0.4, 0.5) is 0 Å². The van der Waals surface area contributed by atoms with Crippen molar-refractivity contribution < 1.29 is 5.11 Å². The van der Waals surface area contributed by atoms with Crippen LogP contribution in [0, 0.1) is 5.92 Å². The van der Waals surface area contributed by atoms with E-state index in [1.165, 1.54) is 38.8 Å². The fourth-order valence-corrected chi connectivity index (χ4v) is 2.43. The molecule has 2 atom stereocenters. The summed E-state index contributed by atoms with van der Waals surface area (Å²) in [7, 11) is 0. The van der Waals surface area contributed by atoms with Crippen molar-refractivity contribution in [3.05, 3.63) is 0 Å². The number of rotatable bonds is 4. The van der Waals surface area contributed by atoms with E-state index < -0.39 is 0 Å². The second kappa shape index (κ2) is 3.97. The Labute approximate surface area is 80.9 Å². The highest BCUT2D eigenvalue weighted by molar-refractivity contribution is 4.85. The highest BCUT2D eigenvalue weighted by Gasteiger charge is 2.31. The molecule has 2 fully saturated rings. The quantitative estimate of drug-likeness (QED) is 0.716. The normalized spacial score (nSPS) is 32.3. The summed E-state index contributed by atoms with van der Waals surface area (Å²) in [4.78, 5) is 2.60. The van der Waals surface area contributed by atoms with Crippen LogP contribution in [0.15, 0.2) is 0 Å². The Bertz CT molecular complexity index is 155. The van der Waals surface area contributed by atoms with E-state index >= 15 is 0 Å². The Balaban J connectivity index is 1.78. The van der Waals surface area contributed by atoms with E-state index in [2.05, 4.69) is 4.90 Å². The van der Waals surface area contributed by atoms with Gasteiger partial charge in [0.25, 0.3) is 0 Å². The van der Waals surface area contributed by atoms with Gasteiger partial charge < -0.3 is 10.0 Å². The molecule has 0 aromatic carbocycles. The third-order valence-corrected chi connectivity index (χ3v) is 3.30. The summed E-state index contributed by atoms with van der Waals surface area (Å²) in [6, 6.07) is 0.681. The van der Waals surface area contributed by atoms with Crippen LogP contribution in [0.2, 0.25) is 0 Å². The first-order valence-electron chi connectivity index (χ1n) is 5.68. The minimum absolute atomic E-state index is 0.121. The molecular weight excluding hydrogens is 162 g/mol.